The van der Waals surface area contributed by atoms with Gasteiger partial charge in [0.15, 0.2) is 10.9 Å². The lowest BCUT2D eigenvalue weighted by molar-refractivity contribution is -0.118. The number of benzene rings is 2. The molecule has 0 fully saturated rings. The molecule has 2 aromatic carbocycles. The highest BCUT2D eigenvalue weighted by atomic mass is 35.5. The van der Waals surface area contributed by atoms with Crippen LogP contribution in [0.5, 0.6) is 0 Å². The molecule has 1 aromatic heterocycles. The Morgan fingerprint density at radius 2 is 1.74 bits per heavy atom. The van der Waals surface area contributed by atoms with E-state index >= 15 is 0 Å². The SMILES string of the molecule is CCc1ccc(NC(=O)[C@@H](CC(C)C)NC(=O)c2nc(SCc3ccccc3)ncc2Cl)cc1. The first-order valence-electron chi connectivity index (χ1n) is 11.3. The van der Waals surface area contributed by atoms with E-state index in [1.54, 1.807) is 0 Å². The van der Waals surface area contributed by atoms with Gasteiger partial charge < -0.3 is 10.6 Å². The van der Waals surface area contributed by atoms with E-state index in [-0.39, 0.29) is 22.5 Å². The summed E-state index contributed by atoms with van der Waals surface area (Å²) < 4.78 is 0. The first-order valence-corrected chi connectivity index (χ1v) is 12.6. The van der Waals surface area contributed by atoms with Crippen LogP contribution < -0.4 is 10.6 Å². The molecule has 0 aliphatic carbocycles. The third-order valence-electron chi connectivity index (χ3n) is 5.11. The van der Waals surface area contributed by atoms with Crippen LogP contribution in [0, 0.1) is 5.92 Å². The number of rotatable bonds is 10. The minimum absolute atomic E-state index is 0.0566. The summed E-state index contributed by atoms with van der Waals surface area (Å²) in [5.41, 5.74) is 3.05. The normalized spacial score (nSPS) is 11.8. The molecule has 34 heavy (non-hydrogen) atoms. The third-order valence-corrected chi connectivity index (χ3v) is 6.32. The summed E-state index contributed by atoms with van der Waals surface area (Å²) in [4.78, 5) is 34.6. The summed E-state index contributed by atoms with van der Waals surface area (Å²) in [7, 11) is 0. The zero-order valence-electron chi connectivity index (χ0n) is 19.5. The van der Waals surface area contributed by atoms with Crippen LogP contribution in [0.4, 0.5) is 5.69 Å². The van der Waals surface area contributed by atoms with Crippen molar-refractivity contribution in [2.24, 2.45) is 5.92 Å². The van der Waals surface area contributed by atoms with Gasteiger partial charge in [-0.15, -0.1) is 0 Å². The number of halogens is 1. The van der Waals surface area contributed by atoms with Crippen molar-refractivity contribution >= 4 is 40.9 Å². The average molecular weight is 497 g/mol. The minimum atomic E-state index is -0.732. The highest BCUT2D eigenvalue weighted by Gasteiger charge is 2.25. The van der Waals surface area contributed by atoms with Gasteiger partial charge in [-0.05, 0) is 42.0 Å². The van der Waals surface area contributed by atoms with Gasteiger partial charge in [0, 0.05) is 11.4 Å². The molecule has 0 saturated heterocycles. The van der Waals surface area contributed by atoms with E-state index in [2.05, 4.69) is 27.5 Å². The van der Waals surface area contributed by atoms with Gasteiger partial charge in [0.2, 0.25) is 5.91 Å². The fraction of sp³-hybridized carbons (Fsp3) is 0.308. The number of aryl methyl sites for hydroxylation is 1. The van der Waals surface area contributed by atoms with Crippen LogP contribution in [0.2, 0.25) is 5.02 Å². The Kier molecular flexibility index (Phi) is 9.48. The number of amides is 2. The number of aromatic nitrogens is 2. The first-order chi connectivity index (χ1) is 16.4. The molecule has 0 unspecified atom stereocenters. The number of hydrogen-bond donors (Lipinski definition) is 2. The number of carbonyl (C=O) groups excluding carboxylic acids is 2. The maximum atomic E-state index is 13.0. The molecule has 6 nitrogen and oxygen atoms in total. The molecule has 178 valence electrons. The fourth-order valence-corrected chi connectivity index (χ4v) is 4.23. The van der Waals surface area contributed by atoms with Gasteiger partial charge in [0.1, 0.15) is 6.04 Å². The van der Waals surface area contributed by atoms with Crippen LogP contribution in [0.1, 0.15) is 48.8 Å². The van der Waals surface area contributed by atoms with Gasteiger partial charge in [-0.1, -0.05) is 86.6 Å². The molecule has 8 heteroatoms. The number of nitrogens with one attached hydrogen (secondary N) is 2. The minimum Gasteiger partial charge on any atom is -0.339 e. The Balaban J connectivity index is 1.70. The summed E-state index contributed by atoms with van der Waals surface area (Å²) in [5.74, 6) is 0.0706. The van der Waals surface area contributed by atoms with Crippen LogP contribution in [0.25, 0.3) is 0 Å². The number of thioether (sulfide) groups is 1. The number of hydrogen-bond acceptors (Lipinski definition) is 5. The molecule has 0 aliphatic rings. The maximum absolute atomic E-state index is 13.0. The van der Waals surface area contributed by atoms with E-state index < -0.39 is 11.9 Å². The van der Waals surface area contributed by atoms with Crippen LogP contribution in [-0.2, 0) is 17.0 Å². The van der Waals surface area contributed by atoms with Gasteiger partial charge in [-0.25, -0.2) is 9.97 Å². The summed E-state index contributed by atoms with van der Waals surface area (Å²) in [6, 6.07) is 16.9. The molecule has 1 heterocycles. The average Bonchev–Trinajstić information content (AvgIpc) is 2.84. The topological polar surface area (TPSA) is 84.0 Å². The summed E-state index contributed by atoms with van der Waals surface area (Å²) in [5, 5.41) is 6.29. The molecule has 0 radical (unpaired) electrons. The smallest absolute Gasteiger partial charge is 0.272 e. The first kappa shape index (κ1) is 25.7. The predicted molar refractivity (Wildman–Crippen MR) is 138 cm³/mol. The van der Waals surface area contributed by atoms with Gasteiger partial charge in [-0.2, -0.15) is 0 Å². The molecule has 1 atom stereocenters. The summed E-state index contributed by atoms with van der Waals surface area (Å²) in [6.07, 6.45) is 2.82. The second kappa shape index (κ2) is 12.5. The van der Waals surface area contributed by atoms with Crippen molar-refractivity contribution < 1.29 is 9.59 Å². The Bertz CT molecular complexity index is 1110. The Morgan fingerprint density at radius 3 is 2.38 bits per heavy atom. The van der Waals surface area contributed by atoms with Crippen molar-refractivity contribution in [2.75, 3.05) is 5.32 Å². The lowest BCUT2D eigenvalue weighted by atomic mass is 10.0. The van der Waals surface area contributed by atoms with Crippen LogP contribution in [0.3, 0.4) is 0 Å². The van der Waals surface area contributed by atoms with Crippen LogP contribution in [-0.4, -0.2) is 27.8 Å². The van der Waals surface area contributed by atoms with E-state index in [1.165, 1.54) is 23.5 Å². The molecule has 0 aliphatic heterocycles. The Hall–Kier alpha value is -2.90. The van der Waals surface area contributed by atoms with Gasteiger partial charge in [0.25, 0.3) is 5.91 Å². The Labute approximate surface area is 209 Å². The molecule has 2 N–H and O–H groups in total. The van der Waals surface area contributed by atoms with E-state index in [0.717, 1.165) is 12.0 Å². The molecule has 0 bridgehead atoms. The van der Waals surface area contributed by atoms with Crippen molar-refractivity contribution in [3.05, 3.63) is 82.6 Å². The van der Waals surface area contributed by atoms with Crippen molar-refractivity contribution in [1.29, 1.82) is 0 Å². The molecule has 3 rings (SSSR count). The highest BCUT2D eigenvalue weighted by molar-refractivity contribution is 7.98. The molecule has 0 saturated carbocycles. The number of nitrogens with zero attached hydrogens (tertiary/aromatic N) is 2. The standard InChI is InChI=1S/C26H29ClN4O2S/c1-4-18-10-12-20(13-11-18)29-24(32)22(14-17(2)3)30-25(33)23-21(27)15-28-26(31-23)34-16-19-8-6-5-7-9-19/h5-13,15,17,22H,4,14,16H2,1-3H3,(H,29,32)(H,30,33)/t22-/m1/s1. The summed E-state index contributed by atoms with van der Waals surface area (Å²) in [6.45, 7) is 6.07. The van der Waals surface area contributed by atoms with Gasteiger partial charge in [0.05, 0.1) is 11.2 Å². The zero-order chi connectivity index (χ0) is 24.5. The summed E-state index contributed by atoms with van der Waals surface area (Å²) >= 11 is 7.65. The van der Waals surface area contributed by atoms with E-state index in [1.807, 2.05) is 68.4 Å². The van der Waals surface area contributed by atoms with Gasteiger partial charge in [-0.3, -0.25) is 9.59 Å². The van der Waals surface area contributed by atoms with Gasteiger partial charge >= 0.3 is 0 Å². The predicted octanol–water partition coefficient (Wildman–Crippen LogP) is 5.77. The largest absolute Gasteiger partial charge is 0.339 e. The zero-order valence-corrected chi connectivity index (χ0v) is 21.1. The van der Waals surface area contributed by atoms with Crippen molar-refractivity contribution in [3.8, 4) is 0 Å². The maximum Gasteiger partial charge on any atom is 0.272 e. The molecular formula is C26H29ClN4O2S. The Morgan fingerprint density at radius 1 is 1.03 bits per heavy atom. The third kappa shape index (κ3) is 7.57. The number of carbonyl (C=O) groups is 2. The van der Waals surface area contributed by atoms with Crippen molar-refractivity contribution in [3.63, 3.8) is 0 Å². The lowest BCUT2D eigenvalue weighted by Gasteiger charge is -2.20. The van der Waals surface area contributed by atoms with Crippen LogP contribution >= 0.6 is 23.4 Å². The second-order valence-corrected chi connectivity index (χ2v) is 9.67. The highest BCUT2D eigenvalue weighted by Crippen LogP contribution is 2.22. The molecule has 2 amide bonds. The number of anilines is 1. The molecule has 0 spiro atoms. The van der Waals surface area contributed by atoms with E-state index in [9.17, 15) is 9.59 Å². The van der Waals surface area contributed by atoms with E-state index in [0.29, 0.717) is 23.0 Å². The van der Waals surface area contributed by atoms with Crippen molar-refractivity contribution in [2.45, 2.75) is 50.6 Å². The monoisotopic (exact) mass is 496 g/mol. The van der Waals surface area contributed by atoms with Crippen LogP contribution in [0.15, 0.2) is 66.0 Å². The molecular weight excluding hydrogens is 468 g/mol. The molecule has 3 aromatic rings. The quantitative estimate of drug-likeness (QED) is 0.275. The van der Waals surface area contributed by atoms with Crippen molar-refractivity contribution in [1.82, 2.24) is 15.3 Å². The fourth-order valence-electron chi connectivity index (χ4n) is 3.28. The van der Waals surface area contributed by atoms with E-state index in [4.69, 9.17) is 11.6 Å². The lowest BCUT2D eigenvalue weighted by Crippen LogP contribution is -2.45. The second-order valence-electron chi connectivity index (χ2n) is 8.32.